The Labute approximate surface area is 136 Å². The average molecular weight is 342 g/mol. The van der Waals surface area contributed by atoms with Gasteiger partial charge in [-0.15, -0.1) is 0 Å². The van der Waals surface area contributed by atoms with Crippen molar-refractivity contribution in [3.63, 3.8) is 0 Å². The van der Waals surface area contributed by atoms with E-state index in [1.54, 1.807) is 0 Å². The van der Waals surface area contributed by atoms with Crippen LogP contribution in [0.1, 0.15) is 20.1 Å². The number of nitrogens with zero attached hydrogens (tertiary/aromatic N) is 1. The third-order valence-corrected chi connectivity index (χ3v) is 3.58. The highest BCUT2D eigenvalue weighted by Gasteiger charge is 2.48. The quantitative estimate of drug-likeness (QED) is 0.619. The maximum atomic E-state index is 12.0. The lowest BCUT2D eigenvalue weighted by atomic mass is 9.99. The number of aromatic nitrogens is 2. The summed E-state index contributed by atoms with van der Waals surface area (Å²) in [5.41, 5.74) is -1.34. The Balaban J connectivity index is 2.37. The minimum absolute atomic E-state index is 0.160. The Morgan fingerprint density at radius 1 is 1.33 bits per heavy atom. The van der Waals surface area contributed by atoms with E-state index in [2.05, 4.69) is 4.98 Å². The highest BCUT2D eigenvalue weighted by molar-refractivity contribution is 5.66. The summed E-state index contributed by atoms with van der Waals surface area (Å²) in [6.07, 6.45) is -1.68. The molecule has 24 heavy (non-hydrogen) atoms. The number of ether oxygens (including phenoxy) is 3. The van der Waals surface area contributed by atoms with Crippen LogP contribution in [-0.2, 0) is 23.8 Å². The number of hydrogen-bond acceptors (Lipinski definition) is 8. The molecule has 2 N–H and O–H groups in total. The Kier molecular flexibility index (Phi) is 5.52. The number of H-pyrrole nitrogens is 1. The summed E-state index contributed by atoms with van der Waals surface area (Å²) in [5.74, 6) is -1.85. The van der Waals surface area contributed by atoms with Gasteiger partial charge in [0.2, 0.25) is 0 Å². The van der Waals surface area contributed by atoms with E-state index in [4.69, 9.17) is 14.2 Å². The summed E-state index contributed by atoms with van der Waals surface area (Å²) in [6.45, 7) is 1.81. The molecule has 4 atom stereocenters. The summed E-state index contributed by atoms with van der Waals surface area (Å²) in [5, 5.41) is 9.48. The van der Waals surface area contributed by atoms with Crippen molar-refractivity contribution in [1.29, 1.82) is 0 Å². The first-order valence-electron chi connectivity index (χ1n) is 7.22. The fraction of sp³-hybridized carbons (Fsp3) is 0.571. The van der Waals surface area contributed by atoms with Gasteiger partial charge in [0, 0.05) is 26.1 Å². The number of esters is 2. The van der Waals surface area contributed by atoms with Crippen molar-refractivity contribution in [3.05, 3.63) is 33.1 Å². The molecule has 0 radical (unpaired) electrons. The van der Waals surface area contributed by atoms with Crippen LogP contribution in [0.4, 0.5) is 0 Å². The first kappa shape index (κ1) is 17.9. The predicted molar refractivity (Wildman–Crippen MR) is 78.0 cm³/mol. The predicted octanol–water partition coefficient (Wildman–Crippen LogP) is -1.46. The van der Waals surface area contributed by atoms with Gasteiger partial charge in [-0.2, -0.15) is 0 Å². The van der Waals surface area contributed by atoms with Crippen LogP contribution in [-0.4, -0.2) is 52.0 Å². The number of rotatable bonds is 5. The lowest BCUT2D eigenvalue weighted by Gasteiger charge is -2.23. The van der Waals surface area contributed by atoms with Gasteiger partial charge in [-0.05, 0) is 0 Å². The van der Waals surface area contributed by atoms with Gasteiger partial charge >= 0.3 is 17.6 Å². The normalized spacial score (nSPS) is 26.1. The van der Waals surface area contributed by atoms with E-state index >= 15 is 0 Å². The Morgan fingerprint density at radius 3 is 2.58 bits per heavy atom. The summed E-state index contributed by atoms with van der Waals surface area (Å²) < 4.78 is 16.8. The van der Waals surface area contributed by atoms with Crippen molar-refractivity contribution < 1.29 is 28.9 Å². The number of carbonyl (C=O) groups is 2. The van der Waals surface area contributed by atoms with Crippen molar-refractivity contribution in [2.24, 2.45) is 5.92 Å². The molecule has 0 spiro atoms. The summed E-state index contributed by atoms with van der Waals surface area (Å²) >= 11 is 0. The summed E-state index contributed by atoms with van der Waals surface area (Å²) in [4.78, 5) is 47.7. The minimum Gasteiger partial charge on any atom is -0.465 e. The van der Waals surface area contributed by atoms with Gasteiger partial charge in [0.25, 0.3) is 5.56 Å². The fourth-order valence-corrected chi connectivity index (χ4v) is 2.56. The molecule has 1 saturated heterocycles. The molecule has 1 fully saturated rings. The Morgan fingerprint density at radius 2 is 2.04 bits per heavy atom. The van der Waals surface area contributed by atoms with Crippen molar-refractivity contribution in [1.82, 2.24) is 9.55 Å². The molecule has 1 aromatic heterocycles. The number of hydrogen-bond donors (Lipinski definition) is 2. The van der Waals surface area contributed by atoms with Crippen LogP contribution in [0, 0.1) is 5.92 Å². The molecule has 0 aliphatic carbocycles. The van der Waals surface area contributed by atoms with Crippen LogP contribution in [0.3, 0.4) is 0 Å². The first-order valence-corrected chi connectivity index (χ1v) is 7.22. The lowest BCUT2D eigenvalue weighted by Crippen LogP contribution is -2.39. The zero-order valence-electron chi connectivity index (χ0n) is 13.1. The molecule has 0 bridgehead atoms. The van der Waals surface area contributed by atoms with E-state index in [1.165, 1.54) is 20.0 Å². The van der Waals surface area contributed by atoms with Crippen LogP contribution in [0.2, 0.25) is 0 Å². The second-order valence-electron chi connectivity index (χ2n) is 5.31. The van der Waals surface area contributed by atoms with Gasteiger partial charge in [0.05, 0.1) is 18.6 Å². The van der Waals surface area contributed by atoms with Gasteiger partial charge < -0.3 is 19.3 Å². The third kappa shape index (κ3) is 3.89. The van der Waals surface area contributed by atoms with Crippen LogP contribution < -0.4 is 11.2 Å². The molecule has 4 unspecified atom stereocenters. The van der Waals surface area contributed by atoms with Crippen LogP contribution in [0.15, 0.2) is 21.9 Å². The van der Waals surface area contributed by atoms with Crippen molar-refractivity contribution >= 4 is 11.9 Å². The SMILES string of the molecule is CC(=O)OCC1C(CO)OC(n2ccc(=O)[nH]c2=O)C1OC(C)=O. The standard InChI is InChI=1S/C14H18N2O8/c1-7(18)22-6-9-10(5-17)24-13(12(9)23-8(2)19)16-4-3-11(20)15-14(16)21/h3-4,9-10,12-13,17H,5-6H2,1-2H3,(H,15,20,21). The number of carbonyl (C=O) groups excluding carboxylic acids is 2. The largest absolute Gasteiger partial charge is 0.465 e. The van der Waals surface area contributed by atoms with Gasteiger partial charge in [-0.3, -0.25) is 23.9 Å². The fourth-order valence-electron chi connectivity index (χ4n) is 2.56. The molecule has 2 heterocycles. The summed E-state index contributed by atoms with van der Waals surface area (Å²) in [7, 11) is 0. The molecular formula is C14H18N2O8. The topological polar surface area (TPSA) is 137 Å². The zero-order chi connectivity index (χ0) is 17.9. The molecule has 1 aromatic rings. The van der Waals surface area contributed by atoms with E-state index in [0.29, 0.717) is 0 Å². The first-order chi connectivity index (χ1) is 11.3. The van der Waals surface area contributed by atoms with E-state index in [9.17, 15) is 24.3 Å². The maximum Gasteiger partial charge on any atom is 0.330 e. The van der Waals surface area contributed by atoms with Crippen molar-refractivity contribution in [2.45, 2.75) is 32.3 Å². The second-order valence-corrected chi connectivity index (χ2v) is 5.31. The molecule has 132 valence electrons. The summed E-state index contributed by atoms with van der Waals surface area (Å²) in [6, 6.07) is 1.11. The van der Waals surface area contributed by atoms with Gasteiger partial charge in [-0.25, -0.2) is 4.79 Å². The lowest BCUT2D eigenvalue weighted by molar-refractivity contribution is -0.155. The molecular weight excluding hydrogens is 324 g/mol. The molecule has 10 heteroatoms. The van der Waals surface area contributed by atoms with Crippen LogP contribution >= 0.6 is 0 Å². The average Bonchev–Trinajstić information content (AvgIpc) is 2.82. The molecule has 0 saturated carbocycles. The number of aliphatic hydroxyl groups is 1. The number of aromatic amines is 1. The Hall–Kier alpha value is -2.46. The second kappa shape index (κ2) is 7.41. The molecule has 2 rings (SSSR count). The zero-order valence-corrected chi connectivity index (χ0v) is 13.1. The molecule has 1 aliphatic rings. The van der Waals surface area contributed by atoms with Gasteiger partial charge in [0.15, 0.2) is 12.3 Å². The molecule has 0 amide bonds. The number of nitrogens with one attached hydrogen (secondary N) is 1. The van der Waals surface area contributed by atoms with E-state index in [1.807, 2.05) is 0 Å². The highest BCUT2D eigenvalue weighted by atomic mass is 16.6. The van der Waals surface area contributed by atoms with Gasteiger partial charge in [0.1, 0.15) is 6.61 Å². The highest BCUT2D eigenvalue weighted by Crippen LogP contribution is 2.35. The molecule has 0 aromatic carbocycles. The van der Waals surface area contributed by atoms with Crippen molar-refractivity contribution in [3.8, 4) is 0 Å². The molecule has 1 aliphatic heterocycles. The van der Waals surface area contributed by atoms with E-state index < -0.39 is 54.1 Å². The number of aliphatic hydroxyl groups excluding tert-OH is 1. The third-order valence-electron chi connectivity index (χ3n) is 3.58. The van der Waals surface area contributed by atoms with Gasteiger partial charge in [-0.1, -0.05) is 0 Å². The molecule has 10 nitrogen and oxygen atoms in total. The smallest absolute Gasteiger partial charge is 0.330 e. The van der Waals surface area contributed by atoms with E-state index in [0.717, 1.165) is 10.6 Å². The maximum absolute atomic E-state index is 12.0. The van der Waals surface area contributed by atoms with E-state index in [-0.39, 0.29) is 6.61 Å². The minimum atomic E-state index is -1.07. The Bertz CT molecular complexity index is 724. The van der Waals surface area contributed by atoms with Crippen LogP contribution in [0.25, 0.3) is 0 Å². The van der Waals surface area contributed by atoms with Crippen LogP contribution in [0.5, 0.6) is 0 Å². The van der Waals surface area contributed by atoms with Crippen molar-refractivity contribution in [2.75, 3.05) is 13.2 Å². The monoisotopic (exact) mass is 342 g/mol.